The van der Waals surface area contributed by atoms with E-state index in [1.807, 2.05) is 38.4 Å². The van der Waals surface area contributed by atoms with Gasteiger partial charge in [0.05, 0.1) is 5.56 Å². The Hall–Kier alpha value is -1.72. The minimum Gasteiger partial charge on any atom is -0.322 e. The number of aromatic nitrogens is 1. The number of carbonyl (C=O) groups excluding carboxylic acids is 1. The van der Waals surface area contributed by atoms with Gasteiger partial charge in [-0.15, -0.1) is 0 Å². The summed E-state index contributed by atoms with van der Waals surface area (Å²) in [5.74, 6) is -0.160. The van der Waals surface area contributed by atoms with Crippen molar-refractivity contribution in [2.24, 2.45) is 0 Å². The van der Waals surface area contributed by atoms with Crippen LogP contribution >= 0.6 is 15.9 Å². The number of hydrogen-bond donors (Lipinski definition) is 1. The number of nitrogens with one attached hydrogen (secondary N) is 1. The topological polar surface area (TPSA) is 45.2 Å². The summed E-state index contributed by atoms with van der Waals surface area (Å²) in [5, 5.41) is 2.88. The van der Waals surface area contributed by atoms with Crippen molar-refractivity contribution in [1.29, 1.82) is 0 Å². The third-order valence-corrected chi connectivity index (χ3v) is 3.14. The van der Waals surface area contributed by atoms with Crippen molar-refractivity contribution >= 4 is 27.5 Å². The second-order valence-electron chi connectivity index (χ2n) is 4.76. The molecule has 0 aliphatic carbocycles. The number of pyridine rings is 1. The third kappa shape index (κ3) is 4.15. The molecule has 1 aromatic carbocycles. The quantitative estimate of drug-likeness (QED) is 0.874. The average molecular weight is 334 g/mol. The normalized spacial score (nSPS) is 10.6. The van der Waals surface area contributed by atoms with Crippen LogP contribution in [0, 0.1) is 0 Å². The van der Waals surface area contributed by atoms with Crippen LogP contribution < -0.4 is 5.32 Å². The number of halogens is 1. The third-order valence-electron chi connectivity index (χ3n) is 2.67. The Kier molecular flexibility index (Phi) is 4.87. The molecule has 1 aromatic heterocycles. The van der Waals surface area contributed by atoms with Crippen LogP contribution in [0.2, 0.25) is 0 Å². The summed E-state index contributed by atoms with van der Waals surface area (Å²) in [5.41, 5.74) is 2.48. The van der Waals surface area contributed by atoms with E-state index in [4.69, 9.17) is 0 Å². The first-order valence-corrected chi connectivity index (χ1v) is 7.00. The Balaban J connectivity index is 2.09. The van der Waals surface area contributed by atoms with Gasteiger partial charge in [0.25, 0.3) is 5.91 Å². The van der Waals surface area contributed by atoms with Gasteiger partial charge in [0, 0.05) is 18.4 Å². The number of carbonyl (C=O) groups is 1. The first kappa shape index (κ1) is 14.7. The van der Waals surface area contributed by atoms with Crippen LogP contribution in [0.25, 0.3) is 0 Å². The number of nitrogens with zero attached hydrogens (tertiary/aromatic N) is 2. The van der Waals surface area contributed by atoms with E-state index < -0.39 is 0 Å². The van der Waals surface area contributed by atoms with Gasteiger partial charge in [-0.25, -0.2) is 4.98 Å². The Morgan fingerprint density at radius 1 is 1.30 bits per heavy atom. The zero-order chi connectivity index (χ0) is 14.5. The maximum absolute atomic E-state index is 12.1. The molecule has 1 heterocycles. The lowest BCUT2D eigenvalue weighted by molar-refractivity contribution is 0.102. The molecule has 20 heavy (non-hydrogen) atoms. The Bertz CT molecular complexity index is 596. The van der Waals surface area contributed by atoms with E-state index in [1.54, 1.807) is 18.3 Å². The lowest BCUT2D eigenvalue weighted by Gasteiger charge is -2.11. The number of benzene rings is 1. The molecule has 0 saturated carbocycles. The molecule has 1 N–H and O–H groups in total. The van der Waals surface area contributed by atoms with Crippen LogP contribution in [-0.4, -0.2) is 29.9 Å². The van der Waals surface area contributed by atoms with Gasteiger partial charge in [-0.3, -0.25) is 4.79 Å². The second-order valence-corrected chi connectivity index (χ2v) is 5.57. The minimum atomic E-state index is -0.160. The molecule has 2 rings (SSSR count). The van der Waals surface area contributed by atoms with Crippen LogP contribution in [0.3, 0.4) is 0 Å². The van der Waals surface area contributed by atoms with Gasteiger partial charge >= 0.3 is 0 Å². The van der Waals surface area contributed by atoms with Gasteiger partial charge < -0.3 is 10.2 Å². The molecule has 0 aliphatic rings. The summed E-state index contributed by atoms with van der Waals surface area (Å²) in [7, 11) is 4.03. The van der Waals surface area contributed by atoms with Crippen molar-refractivity contribution in [3.05, 3.63) is 58.3 Å². The summed E-state index contributed by atoms with van der Waals surface area (Å²) in [6.45, 7) is 0.837. The van der Waals surface area contributed by atoms with Gasteiger partial charge in [0.2, 0.25) is 0 Å². The van der Waals surface area contributed by atoms with E-state index in [1.165, 1.54) is 0 Å². The highest BCUT2D eigenvalue weighted by Crippen LogP contribution is 2.14. The van der Waals surface area contributed by atoms with Crippen molar-refractivity contribution in [3.8, 4) is 0 Å². The lowest BCUT2D eigenvalue weighted by Crippen LogP contribution is -2.13. The summed E-state index contributed by atoms with van der Waals surface area (Å²) in [6, 6.07) is 11.3. The highest BCUT2D eigenvalue weighted by atomic mass is 79.9. The van der Waals surface area contributed by atoms with Crippen molar-refractivity contribution in [3.63, 3.8) is 0 Å². The van der Waals surface area contributed by atoms with Crippen LogP contribution in [-0.2, 0) is 6.54 Å². The van der Waals surface area contributed by atoms with Gasteiger partial charge in [0.1, 0.15) is 4.60 Å². The molecule has 4 nitrogen and oxygen atoms in total. The molecule has 0 radical (unpaired) electrons. The molecular formula is C15H16BrN3O. The van der Waals surface area contributed by atoms with Crippen molar-refractivity contribution in [2.45, 2.75) is 6.54 Å². The molecule has 0 spiro atoms. The Labute approximate surface area is 127 Å². The SMILES string of the molecule is CN(C)Cc1cccc(NC(=O)c2ccc(Br)nc2)c1. The largest absolute Gasteiger partial charge is 0.322 e. The molecule has 2 aromatic rings. The lowest BCUT2D eigenvalue weighted by atomic mass is 10.2. The highest BCUT2D eigenvalue weighted by Gasteiger charge is 2.07. The van der Waals surface area contributed by atoms with E-state index in [0.717, 1.165) is 17.8 Å². The zero-order valence-corrected chi connectivity index (χ0v) is 13.0. The minimum absolute atomic E-state index is 0.160. The fourth-order valence-electron chi connectivity index (χ4n) is 1.83. The molecule has 0 atom stereocenters. The van der Waals surface area contributed by atoms with E-state index >= 15 is 0 Å². The molecule has 1 amide bonds. The predicted molar refractivity (Wildman–Crippen MR) is 83.7 cm³/mol. The molecule has 104 valence electrons. The summed E-state index contributed by atoms with van der Waals surface area (Å²) in [6.07, 6.45) is 1.54. The van der Waals surface area contributed by atoms with Crippen molar-refractivity contribution in [1.82, 2.24) is 9.88 Å². The molecule has 0 saturated heterocycles. The predicted octanol–water partition coefficient (Wildman–Crippen LogP) is 3.16. The molecule has 5 heteroatoms. The molecular weight excluding hydrogens is 318 g/mol. The molecule has 0 unspecified atom stereocenters. The fraction of sp³-hybridized carbons (Fsp3) is 0.200. The van der Waals surface area contributed by atoms with Gasteiger partial charge in [-0.05, 0) is 59.9 Å². The van der Waals surface area contributed by atoms with E-state index in [2.05, 4.69) is 31.1 Å². The van der Waals surface area contributed by atoms with Gasteiger partial charge in [-0.1, -0.05) is 12.1 Å². The summed E-state index contributed by atoms with van der Waals surface area (Å²) < 4.78 is 0.710. The first-order valence-electron chi connectivity index (χ1n) is 6.21. The van der Waals surface area contributed by atoms with Crippen LogP contribution in [0.1, 0.15) is 15.9 Å². The summed E-state index contributed by atoms with van der Waals surface area (Å²) in [4.78, 5) is 18.2. The van der Waals surface area contributed by atoms with E-state index in [0.29, 0.717) is 10.2 Å². The Morgan fingerprint density at radius 2 is 2.10 bits per heavy atom. The monoisotopic (exact) mass is 333 g/mol. The molecule has 0 fully saturated rings. The average Bonchev–Trinajstić information content (AvgIpc) is 2.39. The number of hydrogen-bond acceptors (Lipinski definition) is 3. The van der Waals surface area contributed by atoms with Gasteiger partial charge in [-0.2, -0.15) is 0 Å². The molecule has 0 aliphatic heterocycles. The highest BCUT2D eigenvalue weighted by molar-refractivity contribution is 9.10. The first-order chi connectivity index (χ1) is 9.54. The van der Waals surface area contributed by atoms with Crippen LogP contribution in [0.15, 0.2) is 47.2 Å². The Morgan fingerprint density at radius 3 is 2.75 bits per heavy atom. The van der Waals surface area contributed by atoms with E-state index in [-0.39, 0.29) is 5.91 Å². The van der Waals surface area contributed by atoms with Crippen molar-refractivity contribution in [2.75, 3.05) is 19.4 Å². The molecule has 0 bridgehead atoms. The van der Waals surface area contributed by atoms with Crippen LogP contribution in [0.5, 0.6) is 0 Å². The van der Waals surface area contributed by atoms with Crippen molar-refractivity contribution < 1.29 is 4.79 Å². The van der Waals surface area contributed by atoms with Crippen LogP contribution in [0.4, 0.5) is 5.69 Å². The maximum atomic E-state index is 12.1. The fourth-order valence-corrected chi connectivity index (χ4v) is 2.06. The number of rotatable bonds is 4. The van der Waals surface area contributed by atoms with E-state index in [9.17, 15) is 4.79 Å². The zero-order valence-electron chi connectivity index (χ0n) is 11.4. The second kappa shape index (κ2) is 6.63. The van der Waals surface area contributed by atoms with Gasteiger partial charge in [0.15, 0.2) is 0 Å². The maximum Gasteiger partial charge on any atom is 0.257 e. The summed E-state index contributed by atoms with van der Waals surface area (Å²) >= 11 is 3.25. The number of amides is 1. The smallest absolute Gasteiger partial charge is 0.257 e. The number of anilines is 1. The standard InChI is InChI=1S/C15H16BrN3O/c1-19(2)10-11-4-3-5-13(8-11)18-15(20)12-6-7-14(16)17-9-12/h3-9H,10H2,1-2H3,(H,18,20).